The Hall–Kier alpha value is -2.80. The van der Waals surface area contributed by atoms with E-state index in [9.17, 15) is 4.79 Å². The molecule has 0 bridgehead atoms. The van der Waals surface area contributed by atoms with Gasteiger partial charge in [0, 0.05) is 11.3 Å². The smallest absolute Gasteiger partial charge is 0.251 e. The lowest BCUT2D eigenvalue weighted by molar-refractivity contribution is 0.0949. The summed E-state index contributed by atoms with van der Waals surface area (Å²) in [5, 5.41) is 12.4. The van der Waals surface area contributed by atoms with E-state index in [4.69, 9.17) is 4.74 Å². The number of carbonyl (C=O) groups is 1. The van der Waals surface area contributed by atoms with Crippen molar-refractivity contribution in [1.82, 2.24) is 20.1 Å². The minimum Gasteiger partial charge on any atom is -0.494 e. The van der Waals surface area contributed by atoms with Crippen molar-refractivity contribution in [3.63, 3.8) is 0 Å². The van der Waals surface area contributed by atoms with E-state index < -0.39 is 0 Å². The summed E-state index contributed by atoms with van der Waals surface area (Å²) in [5.41, 5.74) is 2.74. The Balaban J connectivity index is 1.70. The van der Waals surface area contributed by atoms with Gasteiger partial charge in [-0.25, -0.2) is 0 Å². The fourth-order valence-electron chi connectivity index (χ4n) is 2.96. The van der Waals surface area contributed by atoms with Crippen LogP contribution in [0.1, 0.15) is 48.4 Å². The van der Waals surface area contributed by atoms with Crippen LogP contribution in [-0.2, 0) is 6.54 Å². The van der Waals surface area contributed by atoms with Crippen LogP contribution in [-0.4, -0.2) is 33.0 Å². The van der Waals surface area contributed by atoms with E-state index in [-0.39, 0.29) is 5.91 Å². The van der Waals surface area contributed by atoms with Crippen molar-refractivity contribution in [2.45, 2.75) is 45.3 Å². The Morgan fingerprint density at radius 2 is 1.93 bits per heavy atom. The molecular formula is C23H28N4O2S. The summed E-state index contributed by atoms with van der Waals surface area (Å²) in [6, 6.07) is 15.4. The van der Waals surface area contributed by atoms with E-state index in [1.807, 2.05) is 28.8 Å². The molecule has 3 rings (SSSR count). The number of hydrogen-bond acceptors (Lipinski definition) is 5. The minimum atomic E-state index is -0.154. The third kappa shape index (κ3) is 5.63. The molecule has 158 valence electrons. The average molecular weight is 425 g/mol. The summed E-state index contributed by atoms with van der Waals surface area (Å²) < 4.78 is 7.66. The molecule has 2 aromatic carbocycles. The quantitative estimate of drug-likeness (QED) is 0.374. The molecule has 0 aliphatic rings. The van der Waals surface area contributed by atoms with Crippen LogP contribution < -0.4 is 10.1 Å². The number of thioether (sulfide) groups is 1. The molecule has 1 aromatic heterocycles. The highest BCUT2D eigenvalue weighted by atomic mass is 32.2. The molecule has 0 saturated heterocycles. The normalized spacial score (nSPS) is 10.8. The van der Waals surface area contributed by atoms with Crippen molar-refractivity contribution in [2.24, 2.45) is 0 Å². The molecule has 0 unspecified atom stereocenters. The molecule has 0 aliphatic heterocycles. The summed E-state index contributed by atoms with van der Waals surface area (Å²) >= 11 is 1.63. The highest BCUT2D eigenvalue weighted by Crippen LogP contribution is 2.22. The molecule has 0 spiro atoms. The Morgan fingerprint density at radius 3 is 2.63 bits per heavy atom. The summed E-state index contributed by atoms with van der Waals surface area (Å²) in [7, 11) is 0. The molecule has 30 heavy (non-hydrogen) atoms. The van der Waals surface area contributed by atoms with Crippen molar-refractivity contribution >= 4 is 17.7 Å². The van der Waals surface area contributed by atoms with Crippen LogP contribution >= 0.6 is 11.8 Å². The first-order chi connectivity index (χ1) is 14.6. The van der Waals surface area contributed by atoms with Gasteiger partial charge in [-0.05, 0) is 61.1 Å². The number of nitrogens with zero attached hydrogens (tertiary/aromatic N) is 3. The third-order valence-electron chi connectivity index (χ3n) is 4.52. The van der Waals surface area contributed by atoms with Crippen molar-refractivity contribution in [3.05, 3.63) is 65.5 Å². The number of amides is 1. The summed E-state index contributed by atoms with van der Waals surface area (Å²) in [4.78, 5) is 12.6. The van der Waals surface area contributed by atoms with Crippen LogP contribution in [0.5, 0.6) is 5.75 Å². The first-order valence-electron chi connectivity index (χ1n) is 10.3. The fraction of sp³-hybridized carbons (Fsp3) is 0.348. The zero-order chi connectivity index (χ0) is 21.3. The van der Waals surface area contributed by atoms with Crippen LogP contribution in [0.25, 0.3) is 5.69 Å². The monoisotopic (exact) mass is 424 g/mol. The van der Waals surface area contributed by atoms with Crippen molar-refractivity contribution in [1.29, 1.82) is 0 Å². The van der Waals surface area contributed by atoms with Gasteiger partial charge < -0.3 is 10.1 Å². The number of unbranched alkanes of at least 4 members (excludes halogenated alkanes) is 1. The maximum Gasteiger partial charge on any atom is 0.251 e. The van der Waals surface area contributed by atoms with E-state index in [1.165, 1.54) is 0 Å². The molecule has 0 aliphatic carbocycles. The van der Waals surface area contributed by atoms with Crippen molar-refractivity contribution < 1.29 is 9.53 Å². The van der Waals surface area contributed by atoms with Crippen LogP contribution in [0.3, 0.4) is 0 Å². The van der Waals surface area contributed by atoms with E-state index in [0.717, 1.165) is 40.8 Å². The van der Waals surface area contributed by atoms with Gasteiger partial charge in [-0.1, -0.05) is 44.2 Å². The Kier molecular flexibility index (Phi) is 7.90. The van der Waals surface area contributed by atoms with Gasteiger partial charge in [-0.3, -0.25) is 9.36 Å². The zero-order valence-electron chi connectivity index (χ0n) is 17.7. The lowest BCUT2D eigenvalue weighted by atomic mass is 10.2. The molecule has 1 N–H and O–H groups in total. The number of ether oxygens (including phenoxy) is 1. The lowest BCUT2D eigenvalue weighted by Gasteiger charge is -2.11. The molecule has 0 saturated carbocycles. The van der Waals surface area contributed by atoms with Gasteiger partial charge in [0.2, 0.25) is 0 Å². The van der Waals surface area contributed by atoms with Crippen molar-refractivity contribution in [3.8, 4) is 11.4 Å². The van der Waals surface area contributed by atoms with E-state index in [1.54, 1.807) is 23.9 Å². The molecule has 1 heterocycles. The van der Waals surface area contributed by atoms with Crippen LogP contribution in [0.2, 0.25) is 0 Å². The second-order valence-corrected chi connectivity index (χ2v) is 8.15. The number of hydrogen-bond donors (Lipinski definition) is 1. The topological polar surface area (TPSA) is 69.0 Å². The molecule has 3 aromatic rings. The number of aryl methyl sites for hydroxylation is 1. The fourth-order valence-corrected chi connectivity index (χ4v) is 3.66. The maximum atomic E-state index is 12.6. The SMILES string of the molecule is CCCCOc1ccc(C(=O)NCc2nnc(SCC)n2-c2cccc(C)c2)cc1. The number of carbonyl (C=O) groups excluding carboxylic acids is 1. The van der Waals surface area contributed by atoms with Gasteiger partial charge >= 0.3 is 0 Å². The number of aromatic nitrogens is 3. The van der Waals surface area contributed by atoms with Crippen LogP contribution in [0.4, 0.5) is 0 Å². The standard InChI is InChI=1S/C23H28N4O2S/c1-4-6-14-29-20-12-10-18(11-13-20)22(28)24-16-21-25-26-23(30-5-2)27(21)19-9-7-8-17(3)15-19/h7-13,15H,4-6,14,16H2,1-3H3,(H,24,28). The van der Waals surface area contributed by atoms with Crippen molar-refractivity contribution in [2.75, 3.05) is 12.4 Å². The molecule has 6 nitrogen and oxygen atoms in total. The maximum absolute atomic E-state index is 12.6. The van der Waals surface area contributed by atoms with Gasteiger partial charge in [0.1, 0.15) is 5.75 Å². The highest BCUT2D eigenvalue weighted by Gasteiger charge is 2.15. The first kappa shape index (κ1) is 21.9. The average Bonchev–Trinajstić information content (AvgIpc) is 3.15. The Bertz CT molecular complexity index is 970. The second-order valence-electron chi connectivity index (χ2n) is 6.92. The van der Waals surface area contributed by atoms with E-state index >= 15 is 0 Å². The Labute approximate surface area is 182 Å². The molecule has 0 atom stereocenters. The summed E-state index contributed by atoms with van der Waals surface area (Å²) in [6.45, 7) is 7.24. The third-order valence-corrected chi connectivity index (χ3v) is 5.33. The predicted molar refractivity (Wildman–Crippen MR) is 121 cm³/mol. The van der Waals surface area contributed by atoms with Gasteiger partial charge in [0.25, 0.3) is 5.91 Å². The predicted octanol–water partition coefficient (Wildman–Crippen LogP) is 4.80. The molecule has 1 amide bonds. The zero-order valence-corrected chi connectivity index (χ0v) is 18.5. The molecule has 7 heteroatoms. The molecule has 0 radical (unpaired) electrons. The van der Waals surface area contributed by atoms with Crippen LogP contribution in [0.15, 0.2) is 53.7 Å². The first-order valence-corrected chi connectivity index (χ1v) is 11.3. The van der Waals surface area contributed by atoms with Crippen LogP contribution in [0, 0.1) is 6.92 Å². The Morgan fingerprint density at radius 1 is 1.13 bits per heavy atom. The van der Waals surface area contributed by atoms with Gasteiger partial charge in [0.05, 0.1) is 13.2 Å². The van der Waals surface area contributed by atoms with Gasteiger partial charge in [0.15, 0.2) is 11.0 Å². The summed E-state index contributed by atoms with van der Waals surface area (Å²) in [6.07, 6.45) is 2.11. The van der Waals surface area contributed by atoms with E-state index in [0.29, 0.717) is 24.5 Å². The summed E-state index contributed by atoms with van der Waals surface area (Å²) in [5.74, 6) is 2.21. The molecule has 0 fully saturated rings. The number of nitrogens with one attached hydrogen (secondary N) is 1. The molecular weight excluding hydrogens is 396 g/mol. The second kappa shape index (κ2) is 10.8. The minimum absolute atomic E-state index is 0.154. The highest BCUT2D eigenvalue weighted by molar-refractivity contribution is 7.99. The largest absolute Gasteiger partial charge is 0.494 e. The van der Waals surface area contributed by atoms with E-state index in [2.05, 4.69) is 48.4 Å². The lowest BCUT2D eigenvalue weighted by Crippen LogP contribution is -2.24. The number of rotatable bonds is 10. The number of benzene rings is 2. The van der Waals surface area contributed by atoms with Gasteiger partial charge in [-0.2, -0.15) is 0 Å². The van der Waals surface area contributed by atoms with Gasteiger partial charge in [-0.15, -0.1) is 10.2 Å².